The van der Waals surface area contributed by atoms with Crippen LogP contribution in [0.25, 0.3) is 0 Å². The molecule has 0 fully saturated rings. The molecular formula is C17H38N2O3. The van der Waals surface area contributed by atoms with E-state index in [0.717, 1.165) is 6.42 Å². The Bertz CT molecular complexity index is 285. The molecule has 0 aromatic heterocycles. The Morgan fingerprint density at radius 2 is 1.55 bits per heavy atom. The van der Waals surface area contributed by atoms with Crippen molar-refractivity contribution in [3.63, 3.8) is 0 Å². The van der Waals surface area contributed by atoms with Gasteiger partial charge in [-0.05, 0) is 47.3 Å². The summed E-state index contributed by atoms with van der Waals surface area (Å²) in [6, 6.07) is 0.447. The maximum absolute atomic E-state index is 10.6. The summed E-state index contributed by atoms with van der Waals surface area (Å²) in [5.74, 6) is 0.194. The fourth-order valence-corrected chi connectivity index (χ4v) is 2.63. The van der Waals surface area contributed by atoms with Crippen molar-refractivity contribution in [3.05, 3.63) is 0 Å². The number of rotatable bonds is 11. The van der Waals surface area contributed by atoms with Crippen LogP contribution in [0.1, 0.15) is 41.0 Å². The van der Waals surface area contributed by atoms with Crippen molar-refractivity contribution in [1.29, 1.82) is 0 Å². The summed E-state index contributed by atoms with van der Waals surface area (Å²) >= 11 is 0. The molecule has 0 aromatic carbocycles. The van der Waals surface area contributed by atoms with Gasteiger partial charge in [0.2, 0.25) is 0 Å². The van der Waals surface area contributed by atoms with Crippen LogP contribution in [0.2, 0.25) is 0 Å². The van der Waals surface area contributed by atoms with E-state index in [1.165, 1.54) is 0 Å². The molecule has 0 aliphatic rings. The first-order valence-electron chi connectivity index (χ1n) is 8.46. The summed E-state index contributed by atoms with van der Waals surface area (Å²) in [5.41, 5.74) is 0. The molecule has 0 bridgehead atoms. The highest BCUT2D eigenvalue weighted by Crippen LogP contribution is 2.18. The van der Waals surface area contributed by atoms with Crippen LogP contribution in [-0.2, 0) is 4.74 Å². The van der Waals surface area contributed by atoms with Gasteiger partial charge in [-0.2, -0.15) is 0 Å². The standard InChI is InChI=1S/C17H38N2O3/c1-9-15(18(6)7)16(21)17(12(2)3)22-11-14(20)10-19(8)13(4)5/h12-17,20-21H,9-11H2,1-8H3/t14?,15?,16?,17-/m0/s1. The van der Waals surface area contributed by atoms with Gasteiger partial charge < -0.3 is 24.7 Å². The maximum Gasteiger partial charge on any atom is 0.0958 e. The van der Waals surface area contributed by atoms with Crippen molar-refractivity contribution in [1.82, 2.24) is 9.80 Å². The number of hydrogen-bond acceptors (Lipinski definition) is 5. The minimum Gasteiger partial charge on any atom is -0.389 e. The molecule has 0 amide bonds. The lowest BCUT2D eigenvalue weighted by Crippen LogP contribution is -2.49. The minimum atomic E-state index is -0.560. The molecule has 134 valence electrons. The average molecular weight is 319 g/mol. The van der Waals surface area contributed by atoms with Crippen molar-refractivity contribution in [2.75, 3.05) is 34.3 Å². The molecular weight excluding hydrogens is 280 g/mol. The van der Waals surface area contributed by atoms with Gasteiger partial charge in [0.15, 0.2) is 0 Å². The number of aliphatic hydroxyl groups excluding tert-OH is 2. The van der Waals surface area contributed by atoms with Crippen LogP contribution in [0.15, 0.2) is 0 Å². The predicted molar refractivity (Wildman–Crippen MR) is 92.1 cm³/mol. The second kappa shape index (κ2) is 10.6. The van der Waals surface area contributed by atoms with Crippen LogP contribution in [-0.4, -0.2) is 84.7 Å². The SMILES string of the molecule is CCC(C(O)[C@@H](OCC(O)CN(C)C(C)C)C(C)C)N(C)C. The molecule has 0 aliphatic carbocycles. The Morgan fingerprint density at radius 1 is 1.00 bits per heavy atom. The van der Waals surface area contributed by atoms with Crippen LogP contribution < -0.4 is 0 Å². The van der Waals surface area contributed by atoms with E-state index in [1.54, 1.807) is 0 Å². The van der Waals surface area contributed by atoms with E-state index in [1.807, 2.05) is 39.9 Å². The summed E-state index contributed by atoms with van der Waals surface area (Å²) < 4.78 is 5.89. The summed E-state index contributed by atoms with van der Waals surface area (Å²) in [4.78, 5) is 4.12. The Morgan fingerprint density at radius 3 is 1.91 bits per heavy atom. The molecule has 0 saturated heterocycles. The Labute approximate surface area is 137 Å². The number of likely N-dealkylation sites (N-methyl/N-ethyl adjacent to an activating group) is 2. The van der Waals surface area contributed by atoms with Crippen molar-refractivity contribution in [2.24, 2.45) is 5.92 Å². The third-order valence-corrected chi connectivity index (χ3v) is 4.33. The predicted octanol–water partition coefficient (Wildman–Crippen LogP) is 1.43. The van der Waals surface area contributed by atoms with E-state index < -0.39 is 12.2 Å². The second-order valence-electron chi connectivity index (χ2n) is 7.16. The first kappa shape index (κ1) is 21.8. The zero-order valence-corrected chi connectivity index (χ0v) is 15.8. The van der Waals surface area contributed by atoms with Crippen LogP contribution in [0.4, 0.5) is 0 Å². The molecule has 0 aromatic rings. The van der Waals surface area contributed by atoms with Gasteiger partial charge in [0, 0.05) is 18.6 Å². The average Bonchev–Trinajstić information content (AvgIpc) is 2.38. The molecule has 0 aliphatic heterocycles. The number of aliphatic hydroxyl groups is 2. The minimum absolute atomic E-state index is 0.0582. The molecule has 3 unspecified atom stereocenters. The van der Waals surface area contributed by atoms with Gasteiger partial charge in [-0.15, -0.1) is 0 Å². The first-order valence-corrected chi connectivity index (χ1v) is 8.46. The summed E-state index contributed by atoms with van der Waals surface area (Å²) in [5, 5.41) is 20.8. The molecule has 4 atom stereocenters. The van der Waals surface area contributed by atoms with E-state index in [2.05, 4.69) is 25.7 Å². The molecule has 2 N–H and O–H groups in total. The number of ether oxygens (including phenoxy) is 1. The fourth-order valence-electron chi connectivity index (χ4n) is 2.63. The van der Waals surface area contributed by atoms with Gasteiger partial charge in [-0.25, -0.2) is 0 Å². The highest BCUT2D eigenvalue weighted by Gasteiger charge is 2.31. The Hall–Kier alpha value is -0.200. The lowest BCUT2D eigenvalue weighted by atomic mass is 9.94. The lowest BCUT2D eigenvalue weighted by Gasteiger charge is -2.36. The summed E-state index contributed by atoms with van der Waals surface area (Å²) in [6.07, 6.45) is -0.513. The van der Waals surface area contributed by atoms with Crippen LogP contribution in [0.3, 0.4) is 0 Å². The second-order valence-corrected chi connectivity index (χ2v) is 7.16. The monoisotopic (exact) mass is 318 g/mol. The quantitative estimate of drug-likeness (QED) is 0.603. The highest BCUT2D eigenvalue weighted by atomic mass is 16.5. The van der Waals surface area contributed by atoms with Gasteiger partial charge in [-0.1, -0.05) is 20.8 Å². The smallest absolute Gasteiger partial charge is 0.0958 e. The van der Waals surface area contributed by atoms with Gasteiger partial charge in [-0.3, -0.25) is 0 Å². The molecule has 5 heteroatoms. The van der Waals surface area contributed by atoms with Crippen LogP contribution >= 0.6 is 0 Å². The molecule has 0 spiro atoms. The van der Waals surface area contributed by atoms with Crippen molar-refractivity contribution in [3.8, 4) is 0 Å². The van der Waals surface area contributed by atoms with E-state index in [4.69, 9.17) is 4.74 Å². The lowest BCUT2D eigenvalue weighted by molar-refractivity contribution is -0.109. The summed E-state index contributed by atoms with van der Waals surface area (Å²) in [6.45, 7) is 11.2. The van der Waals surface area contributed by atoms with Gasteiger partial charge >= 0.3 is 0 Å². The first-order chi connectivity index (χ1) is 10.1. The maximum atomic E-state index is 10.6. The van der Waals surface area contributed by atoms with E-state index in [-0.39, 0.29) is 24.7 Å². The largest absolute Gasteiger partial charge is 0.389 e. The molecule has 0 heterocycles. The van der Waals surface area contributed by atoms with Gasteiger partial charge in [0.05, 0.1) is 24.9 Å². The van der Waals surface area contributed by atoms with E-state index in [9.17, 15) is 10.2 Å². The Balaban J connectivity index is 4.59. The molecule has 0 rings (SSSR count). The third-order valence-electron chi connectivity index (χ3n) is 4.33. The van der Waals surface area contributed by atoms with Crippen molar-refractivity contribution < 1.29 is 14.9 Å². The van der Waals surface area contributed by atoms with E-state index >= 15 is 0 Å². The van der Waals surface area contributed by atoms with Crippen LogP contribution in [0.5, 0.6) is 0 Å². The zero-order valence-electron chi connectivity index (χ0n) is 15.8. The van der Waals surface area contributed by atoms with Gasteiger partial charge in [0.1, 0.15) is 0 Å². The zero-order chi connectivity index (χ0) is 17.4. The van der Waals surface area contributed by atoms with Gasteiger partial charge in [0.25, 0.3) is 0 Å². The molecule has 22 heavy (non-hydrogen) atoms. The molecule has 0 radical (unpaired) electrons. The van der Waals surface area contributed by atoms with Crippen molar-refractivity contribution in [2.45, 2.75) is 71.4 Å². The number of nitrogens with zero attached hydrogens (tertiary/aromatic N) is 2. The molecule has 0 saturated carbocycles. The summed E-state index contributed by atoms with van der Waals surface area (Å²) in [7, 11) is 5.93. The fraction of sp³-hybridized carbons (Fsp3) is 1.00. The Kier molecular flexibility index (Phi) is 10.5. The van der Waals surface area contributed by atoms with Crippen LogP contribution in [0, 0.1) is 5.92 Å². The highest BCUT2D eigenvalue weighted by molar-refractivity contribution is 4.83. The topological polar surface area (TPSA) is 56.2 Å². The van der Waals surface area contributed by atoms with E-state index in [0.29, 0.717) is 12.6 Å². The number of hydrogen-bond donors (Lipinski definition) is 2. The normalized spacial score (nSPS) is 18.3. The molecule has 5 nitrogen and oxygen atoms in total. The van der Waals surface area contributed by atoms with Crippen molar-refractivity contribution >= 4 is 0 Å². The third kappa shape index (κ3) is 7.38.